The van der Waals surface area contributed by atoms with E-state index < -0.39 is 43.7 Å². The molecule has 1 aliphatic carbocycles. The minimum absolute atomic E-state index is 0.0159. The maximum Gasteiger partial charge on any atom is 0.416 e. The molecule has 0 saturated carbocycles. The van der Waals surface area contributed by atoms with Crippen LogP contribution in [0.5, 0.6) is 11.5 Å². The topological polar surface area (TPSA) is 160 Å². The fourth-order valence-corrected chi connectivity index (χ4v) is 10.1. The SMILES string of the molecule is Cc1cc(C(F)(F)F)ccc1C1=C(CN2CCN(c3ccc(C(=O)CS(=O)(=O)c4ccc(N[C@@H]5CCCOC5)c([N+](=O)[O-])c4)c(Oc4cnc5[nH]ccc5c4)c3)CC2)CCC(C)(C)C1. The van der Waals surface area contributed by atoms with Crippen molar-refractivity contribution < 1.29 is 40.8 Å². The van der Waals surface area contributed by atoms with Gasteiger partial charge in [-0.15, -0.1) is 0 Å². The number of aryl methyl sites for hydroxylation is 1. The Balaban J connectivity index is 1.02. The second-order valence-corrected chi connectivity index (χ2v) is 19.7. The van der Waals surface area contributed by atoms with E-state index in [0.29, 0.717) is 62.9 Å². The number of nitrogens with one attached hydrogen (secondary N) is 2. The van der Waals surface area contributed by atoms with Crippen molar-refractivity contribution in [2.45, 2.75) is 70.0 Å². The van der Waals surface area contributed by atoms with E-state index in [0.717, 1.165) is 60.4 Å². The van der Waals surface area contributed by atoms with Crippen LogP contribution in [-0.2, 0) is 20.8 Å². The Hall–Kier alpha value is -5.78. The molecule has 0 bridgehead atoms. The van der Waals surface area contributed by atoms with Crippen LogP contribution >= 0.6 is 0 Å². The average Bonchev–Trinajstić information content (AvgIpc) is 3.72. The first kappa shape index (κ1) is 44.8. The minimum atomic E-state index is -4.41. The van der Waals surface area contributed by atoms with Gasteiger partial charge in [-0.2, -0.15) is 13.2 Å². The van der Waals surface area contributed by atoms with Crippen molar-refractivity contribution >= 4 is 49.3 Å². The number of aromatic amines is 1. The van der Waals surface area contributed by atoms with Crippen molar-refractivity contribution in [3.8, 4) is 11.5 Å². The second-order valence-electron chi connectivity index (χ2n) is 17.8. The number of carbonyl (C=O) groups is 1. The summed E-state index contributed by atoms with van der Waals surface area (Å²) in [6, 6.07) is 16.1. The highest BCUT2D eigenvalue weighted by Gasteiger charge is 2.34. The van der Waals surface area contributed by atoms with Gasteiger partial charge in [-0.25, -0.2) is 13.4 Å². The number of sulfone groups is 1. The van der Waals surface area contributed by atoms with Crippen LogP contribution in [0, 0.1) is 22.5 Å². The first-order valence-corrected chi connectivity index (χ1v) is 23.1. The van der Waals surface area contributed by atoms with Crippen LogP contribution in [0.25, 0.3) is 16.6 Å². The van der Waals surface area contributed by atoms with E-state index in [-0.39, 0.29) is 33.4 Å². The molecule has 4 heterocycles. The number of allylic oxidation sites excluding steroid dienone is 1. The molecule has 5 aromatic rings. The Morgan fingerprint density at radius 3 is 2.58 bits per heavy atom. The number of piperazine rings is 1. The third-order valence-corrected chi connectivity index (χ3v) is 14.1. The summed E-state index contributed by atoms with van der Waals surface area (Å²) in [4.78, 5) is 37.1. The van der Waals surface area contributed by atoms with Gasteiger partial charge < -0.3 is 24.7 Å². The molecular weight excluding hydrogens is 850 g/mol. The number of Topliss-reactive ketones (excluding diaryl/α,β-unsaturated/α-hetero) is 1. The van der Waals surface area contributed by atoms with Gasteiger partial charge in [0.25, 0.3) is 5.69 Å². The van der Waals surface area contributed by atoms with E-state index in [9.17, 15) is 36.5 Å². The lowest BCUT2D eigenvalue weighted by molar-refractivity contribution is -0.384. The summed E-state index contributed by atoms with van der Waals surface area (Å²) >= 11 is 0. The van der Waals surface area contributed by atoms with Gasteiger partial charge in [0, 0.05) is 74.8 Å². The van der Waals surface area contributed by atoms with Gasteiger partial charge >= 0.3 is 6.18 Å². The number of nitro groups is 1. The normalized spacial score (nSPS) is 18.6. The number of carbonyl (C=O) groups excluding carboxylic acids is 1. The number of aromatic nitrogens is 2. The summed E-state index contributed by atoms with van der Waals surface area (Å²) in [5.41, 5.74) is 4.37. The first-order chi connectivity index (χ1) is 30.4. The molecule has 2 aromatic heterocycles. The predicted molar refractivity (Wildman–Crippen MR) is 239 cm³/mol. The second kappa shape index (κ2) is 18.0. The van der Waals surface area contributed by atoms with Gasteiger partial charge in [0.15, 0.2) is 15.6 Å². The fourth-order valence-electron chi connectivity index (χ4n) is 8.92. The molecule has 0 amide bonds. The number of anilines is 2. The van der Waals surface area contributed by atoms with Crippen molar-refractivity contribution in [2.75, 3.05) is 61.9 Å². The van der Waals surface area contributed by atoms with E-state index in [1.165, 1.54) is 36.0 Å². The van der Waals surface area contributed by atoms with E-state index in [2.05, 4.69) is 38.9 Å². The Morgan fingerprint density at radius 1 is 1.06 bits per heavy atom. The van der Waals surface area contributed by atoms with Gasteiger partial charge in [-0.3, -0.25) is 19.8 Å². The molecule has 8 rings (SSSR count). The minimum Gasteiger partial charge on any atom is -0.455 e. The zero-order chi connectivity index (χ0) is 45.4. The van der Waals surface area contributed by atoms with Crippen molar-refractivity contribution in [1.29, 1.82) is 0 Å². The Morgan fingerprint density at radius 2 is 1.86 bits per heavy atom. The van der Waals surface area contributed by atoms with Crippen molar-refractivity contribution in [1.82, 2.24) is 14.9 Å². The highest BCUT2D eigenvalue weighted by Crippen LogP contribution is 2.45. The monoisotopic (exact) mass is 900 g/mol. The van der Waals surface area contributed by atoms with Crippen LogP contribution in [0.1, 0.15) is 73.0 Å². The van der Waals surface area contributed by atoms with Crippen LogP contribution in [0.3, 0.4) is 0 Å². The van der Waals surface area contributed by atoms with Gasteiger partial charge in [0.1, 0.15) is 28.6 Å². The Labute approximate surface area is 369 Å². The number of nitro benzene ring substituents is 1. The molecule has 13 nitrogen and oxygen atoms in total. The van der Waals surface area contributed by atoms with Gasteiger partial charge in [-0.1, -0.05) is 25.5 Å². The molecule has 3 aromatic carbocycles. The summed E-state index contributed by atoms with van der Waals surface area (Å²) in [7, 11) is -4.36. The van der Waals surface area contributed by atoms with Crippen LogP contribution < -0.4 is 15.0 Å². The first-order valence-electron chi connectivity index (χ1n) is 21.4. The fraction of sp³-hybridized carbons (Fsp3) is 0.404. The van der Waals surface area contributed by atoms with Gasteiger partial charge in [0.05, 0.1) is 33.7 Å². The molecule has 1 atom stereocenters. The van der Waals surface area contributed by atoms with Crippen LogP contribution in [0.4, 0.5) is 30.2 Å². The number of H-pyrrole nitrogens is 1. The zero-order valence-corrected chi connectivity index (χ0v) is 36.8. The number of ketones is 1. The number of nitrogens with zero attached hydrogens (tertiary/aromatic N) is 4. The molecule has 338 valence electrons. The van der Waals surface area contributed by atoms with Crippen LogP contribution in [0.15, 0.2) is 89.6 Å². The third-order valence-electron chi connectivity index (χ3n) is 12.5. The number of halogens is 3. The largest absolute Gasteiger partial charge is 0.455 e. The molecule has 64 heavy (non-hydrogen) atoms. The Kier molecular flexibility index (Phi) is 12.6. The number of pyridine rings is 1. The molecule has 0 radical (unpaired) electrons. The van der Waals surface area contributed by atoms with Crippen LogP contribution in [-0.4, -0.2) is 91.7 Å². The third kappa shape index (κ3) is 10.1. The van der Waals surface area contributed by atoms with Crippen molar-refractivity contribution in [3.05, 3.63) is 117 Å². The molecule has 0 spiro atoms. The van der Waals surface area contributed by atoms with E-state index in [4.69, 9.17) is 9.47 Å². The van der Waals surface area contributed by atoms with Gasteiger partial charge in [-0.05, 0) is 110 Å². The van der Waals surface area contributed by atoms with Crippen molar-refractivity contribution in [2.24, 2.45) is 5.41 Å². The highest BCUT2D eigenvalue weighted by atomic mass is 32.2. The lowest BCUT2D eigenvalue weighted by atomic mass is 9.72. The van der Waals surface area contributed by atoms with Crippen LogP contribution in [0.2, 0.25) is 0 Å². The molecule has 2 N–H and O–H groups in total. The lowest BCUT2D eigenvalue weighted by Gasteiger charge is -2.39. The molecule has 2 fully saturated rings. The quantitative estimate of drug-likeness (QED) is 0.0658. The highest BCUT2D eigenvalue weighted by molar-refractivity contribution is 7.92. The summed E-state index contributed by atoms with van der Waals surface area (Å²) in [6.45, 7) is 10.5. The summed E-state index contributed by atoms with van der Waals surface area (Å²) in [5.74, 6) is -1.26. The molecule has 2 saturated heterocycles. The number of rotatable bonds is 13. The molecule has 2 aliphatic heterocycles. The molecule has 17 heteroatoms. The maximum absolute atomic E-state index is 14.0. The zero-order valence-electron chi connectivity index (χ0n) is 36.0. The molecule has 3 aliphatic rings. The molecular formula is C47H51F3N6O7S. The Bertz CT molecular complexity index is 2720. The van der Waals surface area contributed by atoms with Gasteiger partial charge in [0.2, 0.25) is 0 Å². The number of alkyl halides is 3. The summed E-state index contributed by atoms with van der Waals surface area (Å²) < 4.78 is 80.0. The van der Waals surface area contributed by atoms with Crippen molar-refractivity contribution in [3.63, 3.8) is 0 Å². The van der Waals surface area contributed by atoms with E-state index >= 15 is 0 Å². The molecule has 0 unspecified atom stereocenters. The summed E-state index contributed by atoms with van der Waals surface area (Å²) in [5, 5.41) is 15.9. The smallest absolute Gasteiger partial charge is 0.416 e. The van der Waals surface area contributed by atoms with E-state index in [1.807, 2.05) is 6.07 Å². The number of benzene rings is 3. The number of hydrogen-bond donors (Lipinski definition) is 2. The average molecular weight is 901 g/mol. The number of hydrogen-bond acceptors (Lipinski definition) is 11. The summed E-state index contributed by atoms with van der Waals surface area (Å²) in [6.07, 6.45) is 2.98. The predicted octanol–water partition coefficient (Wildman–Crippen LogP) is 9.62. The number of fused-ring (bicyclic) bond motifs is 1. The number of ether oxygens (including phenoxy) is 2. The standard InChI is InChI=1S/C47H51F3N6O7S/c1-30-21-33(47(48,49)50)6-9-38(30)40-25-46(2,3)14-12-32(40)27-54-16-18-55(19-17-54)35-7-10-39(44(23-35)63-36-22-31-13-15-51-45(31)52-26-36)43(57)29-64(60,61)37-8-11-41(42(24-37)56(58)59)53-34-5-4-20-62-28-34/h6-11,13,15,21-24,26,34,53H,4-5,12,14,16-20,25,27-29H2,1-3H3,(H,51,52)/t34-/m1/s1. The maximum atomic E-state index is 14.0. The lowest BCUT2D eigenvalue weighted by Crippen LogP contribution is -2.47. The van der Waals surface area contributed by atoms with E-state index in [1.54, 1.807) is 43.5 Å².